The predicted octanol–water partition coefficient (Wildman–Crippen LogP) is 7.31. The van der Waals surface area contributed by atoms with Gasteiger partial charge in [-0.25, -0.2) is 9.37 Å². The molecule has 0 saturated heterocycles. The van der Waals surface area contributed by atoms with Gasteiger partial charge in [-0.1, -0.05) is 30.3 Å². The van der Waals surface area contributed by atoms with Gasteiger partial charge < -0.3 is 10.6 Å². The number of aryl methyl sites for hydroxylation is 1. The van der Waals surface area contributed by atoms with Crippen molar-refractivity contribution in [1.82, 2.24) is 29.8 Å². The number of anilines is 2. The second kappa shape index (κ2) is 12.7. The van der Waals surface area contributed by atoms with E-state index in [1.54, 1.807) is 41.6 Å². The van der Waals surface area contributed by atoms with Crippen molar-refractivity contribution in [2.24, 2.45) is 0 Å². The molecule has 0 amide bonds. The number of hydrogen-bond acceptors (Lipinski definition) is 7. The second-order valence-corrected chi connectivity index (χ2v) is 12.1. The van der Waals surface area contributed by atoms with Crippen LogP contribution >= 0.6 is 0 Å². The number of nitrogens with zero attached hydrogens (tertiary/aromatic N) is 5. The van der Waals surface area contributed by atoms with E-state index in [4.69, 9.17) is 4.98 Å². The molecule has 0 fully saturated rings. The number of rotatable bonds is 7. The topological polar surface area (TPSA) is 97.6 Å². The van der Waals surface area contributed by atoms with Crippen LogP contribution in [0.1, 0.15) is 37.0 Å². The zero-order valence-electron chi connectivity index (χ0n) is 26.4. The summed E-state index contributed by atoms with van der Waals surface area (Å²) < 4.78 is 17.1. The third-order valence-electron chi connectivity index (χ3n) is 8.59. The van der Waals surface area contributed by atoms with E-state index in [9.17, 15) is 4.79 Å². The van der Waals surface area contributed by atoms with E-state index in [0.717, 1.165) is 39.8 Å². The maximum Gasteiger partial charge on any atom is 0.260 e. The number of hydrogen-bond donors (Lipinski definition) is 2. The molecular weight excluding hydrogens is 589 g/mol. The maximum absolute atomic E-state index is 15.4. The van der Waals surface area contributed by atoms with Gasteiger partial charge in [-0.15, -0.1) is 0 Å². The molecule has 0 spiro atoms. The fourth-order valence-electron chi connectivity index (χ4n) is 6.39. The van der Waals surface area contributed by atoms with E-state index in [1.165, 1.54) is 6.07 Å². The van der Waals surface area contributed by atoms with Crippen molar-refractivity contribution in [2.75, 3.05) is 5.32 Å². The zero-order valence-corrected chi connectivity index (χ0v) is 26.4. The van der Waals surface area contributed by atoms with Crippen molar-refractivity contribution >= 4 is 28.2 Å². The van der Waals surface area contributed by atoms with E-state index in [1.807, 2.05) is 61.5 Å². The molecule has 7 rings (SSSR count). The third kappa shape index (κ3) is 6.17. The van der Waals surface area contributed by atoms with Crippen LogP contribution in [0.5, 0.6) is 0 Å². The maximum atomic E-state index is 15.4. The summed E-state index contributed by atoms with van der Waals surface area (Å²) in [6.45, 7) is 6.41. The normalized spacial score (nSPS) is 16.2. The molecule has 2 atom stereocenters. The van der Waals surface area contributed by atoms with Crippen LogP contribution in [0.3, 0.4) is 0 Å². The van der Waals surface area contributed by atoms with Crippen molar-refractivity contribution in [3.8, 4) is 22.3 Å². The first-order chi connectivity index (χ1) is 22.8. The van der Waals surface area contributed by atoms with Crippen molar-refractivity contribution in [3.63, 3.8) is 0 Å². The number of pyridine rings is 3. The molecule has 2 aromatic carbocycles. The third-order valence-corrected chi connectivity index (χ3v) is 8.59. The van der Waals surface area contributed by atoms with Crippen LogP contribution < -0.4 is 16.2 Å². The van der Waals surface area contributed by atoms with Gasteiger partial charge in [-0.2, -0.15) is 4.98 Å². The van der Waals surface area contributed by atoms with E-state index < -0.39 is 0 Å². The predicted molar refractivity (Wildman–Crippen MR) is 185 cm³/mol. The minimum atomic E-state index is -0.315. The van der Waals surface area contributed by atoms with Crippen LogP contribution in [0, 0.1) is 12.7 Å². The molecule has 4 aromatic heterocycles. The van der Waals surface area contributed by atoms with Crippen molar-refractivity contribution in [2.45, 2.75) is 45.8 Å². The Balaban J connectivity index is 1.31. The molecule has 2 N–H and O–H groups in total. The lowest BCUT2D eigenvalue weighted by Gasteiger charge is -2.26. The van der Waals surface area contributed by atoms with Crippen LogP contribution in [0.15, 0.2) is 109 Å². The van der Waals surface area contributed by atoms with Gasteiger partial charge >= 0.3 is 0 Å². The van der Waals surface area contributed by atoms with Crippen molar-refractivity contribution in [1.29, 1.82) is 0 Å². The Bertz CT molecular complexity index is 2200. The average Bonchev–Trinajstić information content (AvgIpc) is 3.07. The molecule has 1 aliphatic rings. The van der Waals surface area contributed by atoms with Crippen molar-refractivity contribution < 1.29 is 4.39 Å². The molecule has 6 aromatic rings. The number of nitrogens with one attached hydrogen (secondary N) is 2. The summed E-state index contributed by atoms with van der Waals surface area (Å²) in [7, 11) is 0. The lowest BCUT2D eigenvalue weighted by Crippen LogP contribution is -2.36. The van der Waals surface area contributed by atoms with Gasteiger partial charge in [0.05, 0.1) is 6.54 Å². The molecule has 8 nitrogen and oxygen atoms in total. The number of halogens is 1. The largest absolute Gasteiger partial charge is 0.324 e. The van der Waals surface area contributed by atoms with E-state index >= 15 is 4.39 Å². The molecule has 234 valence electrons. The molecule has 47 heavy (non-hydrogen) atoms. The molecule has 9 heteroatoms. The summed E-state index contributed by atoms with van der Waals surface area (Å²) in [5.74, 6) is -0.0571. The average molecular weight is 624 g/mol. The number of aromatic nitrogens is 5. The number of fused-ring (bicyclic) bond motifs is 1. The highest BCUT2D eigenvalue weighted by molar-refractivity contribution is 5.83. The van der Waals surface area contributed by atoms with Gasteiger partial charge in [0.2, 0.25) is 5.95 Å². The monoisotopic (exact) mass is 623 g/mol. The first-order valence-corrected chi connectivity index (χ1v) is 15.7. The summed E-state index contributed by atoms with van der Waals surface area (Å²) >= 11 is 0. The Kier molecular flexibility index (Phi) is 8.14. The highest BCUT2D eigenvalue weighted by Crippen LogP contribution is 2.30. The van der Waals surface area contributed by atoms with Crippen LogP contribution in [0.2, 0.25) is 0 Å². The van der Waals surface area contributed by atoms with Crippen LogP contribution in [-0.2, 0) is 6.54 Å². The van der Waals surface area contributed by atoms with Gasteiger partial charge in [-0.05, 0) is 97.5 Å². The van der Waals surface area contributed by atoms with Gasteiger partial charge in [0.25, 0.3) is 5.56 Å². The summed E-state index contributed by atoms with van der Waals surface area (Å²) in [5, 5.41) is 7.32. The molecule has 0 radical (unpaired) electrons. The lowest BCUT2D eigenvalue weighted by atomic mass is 9.93. The van der Waals surface area contributed by atoms with Crippen LogP contribution in [0.25, 0.3) is 38.9 Å². The molecular formula is C38H34FN7O. The minimum Gasteiger partial charge on any atom is -0.324 e. The Morgan fingerprint density at radius 2 is 1.72 bits per heavy atom. The first-order valence-electron chi connectivity index (χ1n) is 15.7. The lowest BCUT2D eigenvalue weighted by molar-refractivity contribution is 0.504. The second-order valence-electron chi connectivity index (χ2n) is 12.1. The van der Waals surface area contributed by atoms with Gasteiger partial charge in [0.1, 0.15) is 11.5 Å². The molecule has 0 aliphatic carbocycles. The number of benzene rings is 2. The molecule has 5 heterocycles. The van der Waals surface area contributed by atoms with Crippen LogP contribution in [-0.4, -0.2) is 36.6 Å². The highest BCUT2D eigenvalue weighted by atomic mass is 19.1. The molecule has 0 saturated carbocycles. The van der Waals surface area contributed by atoms with Crippen LogP contribution in [0.4, 0.5) is 16.0 Å². The van der Waals surface area contributed by atoms with Crippen molar-refractivity contribution in [3.05, 3.63) is 137 Å². The Labute approximate surface area is 272 Å². The van der Waals surface area contributed by atoms with E-state index in [2.05, 4.69) is 45.5 Å². The molecule has 1 aliphatic heterocycles. The summed E-state index contributed by atoms with van der Waals surface area (Å²) in [6.07, 6.45) is 11.5. The summed E-state index contributed by atoms with van der Waals surface area (Å²) in [6, 6.07) is 21.0. The van der Waals surface area contributed by atoms with E-state index in [-0.39, 0.29) is 36.0 Å². The van der Waals surface area contributed by atoms with E-state index in [0.29, 0.717) is 27.8 Å². The molecule has 0 bridgehead atoms. The smallest absolute Gasteiger partial charge is 0.260 e. The zero-order chi connectivity index (χ0) is 32.5. The standard InChI is InChI=1S/C38H34FN7O/c1-23-6-4-5-7-31(23)33-18-29-20-42-38(44-30-8-9-32(35(39)19-30)28-16-24(2)43-25(3)17-28)45-36(29)46(37(33)47)22-27-12-15-41-21-34(27)26-10-13-40-14-11-26/h4-16,18-21,24-25,43H,17,22H2,1-3H3,(H,42,44,45)/t24-,25+/m1/s1. The molecule has 0 unspecified atom stereocenters. The fourth-order valence-corrected chi connectivity index (χ4v) is 6.39. The minimum absolute atomic E-state index is 0.175. The first kappa shape index (κ1) is 30.1. The summed E-state index contributed by atoms with van der Waals surface area (Å²) in [4.78, 5) is 32.2. The fraction of sp³-hybridized carbons (Fsp3) is 0.184. The Hall–Kier alpha value is -5.54. The van der Waals surface area contributed by atoms with Gasteiger partial charge in [0, 0.05) is 70.8 Å². The van der Waals surface area contributed by atoms with Gasteiger partial charge in [-0.3, -0.25) is 19.3 Å². The Morgan fingerprint density at radius 3 is 2.51 bits per heavy atom. The Morgan fingerprint density at radius 1 is 0.915 bits per heavy atom. The highest BCUT2D eigenvalue weighted by Gasteiger charge is 2.20. The van der Waals surface area contributed by atoms with Gasteiger partial charge in [0.15, 0.2) is 0 Å². The summed E-state index contributed by atoms with van der Waals surface area (Å²) in [5.41, 5.74) is 7.53. The quantitative estimate of drug-likeness (QED) is 0.193. The SMILES string of the molecule is Cc1ccccc1-c1cc2cnc(Nc3ccc(C4=C[C@@H](C)N[C@@H](C)C4)c(F)c3)nc2n(Cc2ccncc2-c2ccncc2)c1=O.